The molecule has 7 heteroatoms. The van der Waals surface area contributed by atoms with Gasteiger partial charge in [0.25, 0.3) is 0 Å². The number of hydrogen-bond acceptors (Lipinski definition) is 6. The van der Waals surface area contributed by atoms with Gasteiger partial charge in [-0.1, -0.05) is 18.2 Å². The van der Waals surface area contributed by atoms with Gasteiger partial charge in [0.15, 0.2) is 0 Å². The fourth-order valence-corrected chi connectivity index (χ4v) is 4.48. The van der Waals surface area contributed by atoms with Gasteiger partial charge in [-0.05, 0) is 55.3 Å². The first-order chi connectivity index (χ1) is 15.8. The molecule has 32 heavy (non-hydrogen) atoms. The standard InChI is InChI=1S/C25H28N4O3/c30-24(27-20-9-11-26-12-10-20)18-5-7-21(8-6-18)32-25-22-4-2-1-3-19(22)17-23(28-25)29-13-15-31-16-14-29/h1-4,9-12,17-18,21H,5-8,13-16H2,(H,26,27,30). The molecule has 1 aliphatic heterocycles. The van der Waals surface area contributed by atoms with Crippen LogP contribution >= 0.6 is 0 Å². The van der Waals surface area contributed by atoms with E-state index in [4.69, 9.17) is 14.5 Å². The third-order valence-corrected chi connectivity index (χ3v) is 6.30. The van der Waals surface area contributed by atoms with Gasteiger partial charge in [0.2, 0.25) is 11.8 Å². The lowest BCUT2D eigenvalue weighted by atomic mass is 9.86. The van der Waals surface area contributed by atoms with Crippen molar-refractivity contribution in [3.05, 3.63) is 54.9 Å². The summed E-state index contributed by atoms with van der Waals surface area (Å²) in [6.45, 7) is 3.11. The number of fused-ring (bicyclic) bond motifs is 1. The van der Waals surface area contributed by atoms with Gasteiger partial charge < -0.3 is 19.7 Å². The van der Waals surface area contributed by atoms with Crippen molar-refractivity contribution in [1.82, 2.24) is 9.97 Å². The molecule has 0 spiro atoms. The normalized spacial score (nSPS) is 21.3. The highest BCUT2D eigenvalue weighted by molar-refractivity contribution is 5.92. The van der Waals surface area contributed by atoms with Crippen molar-refractivity contribution in [2.24, 2.45) is 5.92 Å². The average Bonchev–Trinajstić information content (AvgIpc) is 2.85. The summed E-state index contributed by atoms with van der Waals surface area (Å²) in [6, 6.07) is 14.0. The number of carbonyl (C=O) groups is 1. The van der Waals surface area contributed by atoms with Gasteiger partial charge in [-0.3, -0.25) is 9.78 Å². The molecule has 7 nitrogen and oxygen atoms in total. The van der Waals surface area contributed by atoms with E-state index in [-0.39, 0.29) is 17.9 Å². The van der Waals surface area contributed by atoms with E-state index in [0.29, 0.717) is 5.88 Å². The molecule has 0 bridgehead atoms. The van der Waals surface area contributed by atoms with Gasteiger partial charge in [-0.15, -0.1) is 0 Å². The minimum Gasteiger partial charge on any atom is -0.474 e. The van der Waals surface area contributed by atoms with Gasteiger partial charge in [-0.2, -0.15) is 4.98 Å². The Hall–Kier alpha value is -3.19. The zero-order chi connectivity index (χ0) is 21.8. The molecule has 2 aliphatic rings. The van der Waals surface area contributed by atoms with Crippen LogP contribution < -0.4 is 15.0 Å². The number of morpholine rings is 1. The van der Waals surface area contributed by atoms with Crippen molar-refractivity contribution in [2.45, 2.75) is 31.8 Å². The van der Waals surface area contributed by atoms with Gasteiger partial charge in [0.1, 0.15) is 11.9 Å². The molecule has 0 atom stereocenters. The number of benzene rings is 1. The highest BCUT2D eigenvalue weighted by Crippen LogP contribution is 2.33. The van der Waals surface area contributed by atoms with Gasteiger partial charge in [0, 0.05) is 42.5 Å². The molecule has 2 fully saturated rings. The number of pyridine rings is 2. The molecular weight excluding hydrogens is 404 g/mol. The molecule has 1 N–H and O–H groups in total. The molecule has 1 amide bonds. The minimum atomic E-state index is 0.00685. The van der Waals surface area contributed by atoms with E-state index >= 15 is 0 Å². The maximum absolute atomic E-state index is 12.6. The first kappa shape index (κ1) is 20.7. The number of aromatic nitrogens is 2. The second kappa shape index (κ2) is 9.53. The molecule has 166 valence electrons. The lowest BCUT2D eigenvalue weighted by Gasteiger charge is -2.30. The van der Waals surface area contributed by atoms with E-state index in [1.54, 1.807) is 12.4 Å². The molecule has 3 aromatic rings. The third kappa shape index (κ3) is 4.67. The predicted molar refractivity (Wildman–Crippen MR) is 124 cm³/mol. The molecule has 1 saturated heterocycles. The zero-order valence-electron chi connectivity index (χ0n) is 18.1. The molecular formula is C25H28N4O3. The van der Waals surface area contributed by atoms with Crippen LogP contribution in [-0.2, 0) is 9.53 Å². The fraction of sp³-hybridized carbons (Fsp3) is 0.400. The Morgan fingerprint density at radius 3 is 2.56 bits per heavy atom. The highest BCUT2D eigenvalue weighted by Gasteiger charge is 2.28. The number of nitrogens with one attached hydrogen (secondary N) is 1. The van der Waals surface area contributed by atoms with Crippen LogP contribution in [0.3, 0.4) is 0 Å². The van der Waals surface area contributed by atoms with E-state index in [9.17, 15) is 4.79 Å². The number of anilines is 2. The van der Waals surface area contributed by atoms with Crippen LogP contribution in [-0.4, -0.2) is 48.3 Å². The first-order valence-corrected chi connectivity index (χ1v) is 11.4. The van der Waals surface area contributed by atoms with E-state index in [1.165, 1.54) is 0 Å². The van der Waals surface area contributed by atoms with Crippen molar-refractivity contribution in [2.75, 3.05) is 36.5 Å². The number of nitrogens with zero attached hydrogens (tertiary/aromatic N) is 3. The van der Waals surface area contributed by atoms with E-state index < -0.39 is 0 Å². The quantitative estimate of drug-likeness (QED) is 0.656. The van der Waals surface area contributed by atoms with Crippen molar-refractivity contribution in [3.63, 3.8) is 0 Å². The summed E-state index contributed by atoms with van der Waals surface area (Å²) in [4.78, 5) is 23.8. The van der Waals surface area contributed by atoms with Crippen LogP contribution in [0.5, 0.6) is 5.88 Å². The molecule has 0 radical (unpaired) electrons. The van der Waals surface area contributed by atoms with E-state index in [0.717, 1.165) is 74.3 Å². The Kier molecular flexibility index (Phi) is 6.16. The third-order valence-electron chi connectivity index (χ3n) is 6.30. The lowest BCUT2D eigenvalue weighted by molar-refractivity contribution is -0.121. The lowest BCUT2D eigenvalue weighted by Crippen LogP contribution is -2.37. The summed E-state index contributed by atoms with van der Waals surface area (Å²) in [5.74, 6) is 1.71. The van der Waals surface area contributed by atoms with Crippen LogP contribution in [0.2, 0.25) is 0 Å². The second-order valence-corrected chi connectivity index (χ2v) is 8.42. The van der Waals surface area contributed by atoms with Crippen LogP contribution in [0.15, 0.2) is 54.9 Å². The molecule has 1 aliphatic carbocycles. The van der Waals surface area contributed by atoms with E-state index in [2.05, 4.69) is 33.4 Å². The minimum absolute atomic E-state index is 0.00685. The molecule has 1 saturated carbocycles. The first-order valence-electron chi connectivity index (χ1n) is 11.4. The Morgan fingerprint density at radius 1 is 1.03 bits per heavy atom. The number of ether oxygens (including phenoxy) is 2. The molecule has 2 aromatic heterocycles. The number of hydrogen-bond donors (Lipinski definition) is 1. The summed E-state index contributed by atoms with van der Waals surface area (Å²) in [7, 11) is 0. The Bertz CT molecular complexity index is 1060. The summed E-state index contributed by atoms with van der Waals surface area (Å²) in [5.41, 5.74) is 0.791. The maximum Gasteiger partial charge on any atom is 0.227 e. The monoisotopic (exact) mass is 432 g/mol. The molecule has 0 unspecified atom stereocenters. The van der Waals surface area contributed by atoms with Crippen LogP contribution in [0.1, 0.15) is 25.7 Å². The molecule has 1 aromatic carbocycles. The smallest absolute Gasteiger partial charge is 0.227 e. The van der Waals surface area contributed by atoms with Crippen LogP contribution in [0, 0.1) is 5.92 Å². The van der Waals surface area contributed by atoms with Crippen molar-refractivity contribution >= 4 is 28.2 Å². The maximum atomic E-state index is 12.6. The van der Waals surface area contributed by atoms with Gasteiger partial charge in [0.05, 0.1) is 13.2 Å². The predicted octanol–water partition coefficient (Wildman–Crippen LogP) is 4.04. The topological polar surface area (TPSA) is 76.6 Å². The Balaban J connectivity index is 1.26. The number of amides is 1. The van der Waals surface area contributed by atoms with Gasteiger partial charge in [-0.25, -0.2) is 0 Å². The number of rotatable bonds is 5. The average molecular weight is 433 g/mol. The van der Waals surface area contributed by atoms with E-state index in [1.807, 2.05) is 24.3 Å². The summed E-state index contributed by atoms with van der Waals surface area (Å²) >= 11 is 0. The van der Waals surface area contributed by atoms with Crippen molar-refractivity contribution < 1.29 is 14.3 Å². The zero-order valence-corrected chi connectivity index (χ0v) is 18.1. The number of carbonyl (C=O) groups excluding carboxylic acids is 1. The largest absolute Gasteiger partial charge is 0.474 e. The second-order valence-electron chi connectivity index (χ2n) is 8.42. The van der Waals surface area contributed by atoms with Crippen molar-refractivity contribution in [3.8, 4) is 5.88 Å². The van der Waals surface area contributed by atoms with Crippen LogP contribution in [0.25, 0.3) is 10.8 Å². The fourth-order valence-electron chi connectivity index (χ4n) is 4.48. The van der Waals surface area contributed by atoms with Crippen molar-refractivity contribution in [1.29, 1.82) is 0 Å². The molecule has 3 heterocycles. The highest BCUT2D eigenvalue weighted by atomic mass is 16.5. The molecule has 5 rings (SSSR count). The summed E-state index contributed by atoms with van der Waals surface area (Å²) < 4.78 is 11.9. The van der Waals surface area contributed by atoms with Crippen LogP contribution in [0.4, 0.5) is 11.5 Å². The SMILES string of the molecule is O=C(Nc1ccncc1)C1CCC(Oc2nc(N3CCOCC3)cc3ccccc23)CC1. The summed E-state index contributed by atoms with van der Waals surface area (Å²) in [6.07, 6.45) is 6.73. The summed E-state index contributed by atoms with van der Waals surface area (Å²) in [5, 5.41) is 5.16. The Labute approximate surface area is 187 Å². The Morgan fingerprint density at radius 2 is 1.78 bits per heavy atom. The van der Waals surface area contributed by atoms with Gasteiger partial charge >= 0.3 is 0 Å².